The van der Waals surface area contributed by atoms with Crippen LogP contribution in [0.25, 0.3) is 5.57 Å². The number of rotatable bonds is 2. The van der Waals surface area contributed by atoms with Crippen molar-refractivity contribution in [1.82, 2.24) is 4.90 Å². The zero-order chi connectivity index (χ0) is 14.1. The number of piperidine rings is 2. The molecule has 110 valence electrons. The quantitative estimate of drug-likeness (QED) is 0.730. The maximum Gasteiger partial charge on any atom is 0.0356 e. The van der Waals surface area contributed by atoms with E-state index in [-0.39, 0.29) is 0 Å². The largest absolute Gasteiger partial charge is 0.300 e. The lowest BCUT2D eigenvalue weighted by atomic mass is 9.86. The summed E-state index contributed by atoms with van der Waals surface area (Å²) in [4.78, 5) is 5.64. The van der Waals surface area contributed by atoms with Gasteiger partial charge in [-0.15, -0.1) is 22.7 Å². The SMILES string of the molecule is c1csc(C(=C2CCN3CCCCC3C2)c2cccs2)c1. The van der Waals surface area contributed by atoms with E-state index in [2.05, 4.69) is 39.9 Å². The molecular weight excluding hydrogens is 294 g/mol. The molecule has 2 aliphatic heterocycles. The molecule has 0 aliphatic carbocycles. The van der Waals surface area contributed by atoms with E-state index < -0.39 is 0 Å². The Balaban J connectivity index is 1.72. The standard InChI is InChI=1S/C18H21NS2/c1-2-9-19-10-8-14(13-15(19)5-1)18(16-6-3-11-20-16)17-7-4-12-21-17/h3-4,6-7,11-12,15H,1-2,5,8-10,13H2. The maximum atomic E-state index is 2.73. The minimum Gasteiger partial charge on any atom is -0.300 e. The van der Waals surface area contributed by atoms with Crippen molar-refractivity contribution in [1.29, 1.82) is 0 Å². The molecule has 1 unspecified atom stereocenters. The molecule has 0 amide bonds. The maximum absolute atomic E-state index is 2.73. The number of hydrogen-bond donors (Lipinski definition) is 0. The van der Waals surface area contributed by atoms with Crippen molar-refractivity contribution in [2.75, 3.05) is 13.1 Å². The fourth-order valence-electron chi connectivity index (χ4n) is 3.79. The number of nitrogens with zero attached hydrogens (tertiary/aromatic N) is 1. The Hall–Kier alpha value is -0.900. The Kier molecular flexibility index (Phi) is 3.97. The first kappa shape index (κ1) is 13.7. The third-order valence-corrected chi connectivity index (χ3v) is 6.60. The molecule has 2 aliphatic rings. The number of hydrogen-bond acceptors (Lipinski definition) is 3. The van der Waals surface area contributed by atoms with Gasteiger partial charge in [-0.25, -0.2) is 0 Å². The van der Waals surface area contributed by atoms with Crippen LogP contribution < -0.4 is 0 Å². The van der Waals surface area contributed by atoms with Crippen molar-refractivity contribution < 1.29 is 0 Å². The molecule has 0 bridgehead atoms. The Morgan fingerprint density at radius 1 is 1.00 bits per heavy atom. The molecule has 4 rings (SSSR count). The fourth-order valence-corrected chi connectivity index (χ4v) is 5.52. The molecule has 2 aromatic heterocycles. The van der Waals surface area contributed by atoms with Crippen molar-refractivity contribution in [2.24, 2.45) is 0 Å². The van der Waals surface area contributed by atoms with Crippen molar-refractivity contribution in [3.05, 3.63) is 50.4 Å². The zero-order valence-electron chi connectivity index (χ0n) is 12.3. The molecular formula is C18H21NS2. The van der Waals surface area contributed by atoms with Crippen molar-refractivity contribution >= 4 is 28.2 Å². The average Bonchev–Trinajstić information content (AvgIpc) is 3.21. The summed E-state index contributed by atoms with van der Waals surface area (Å²) < 4.78 is 0. The summed E-state index contributed by atoms with van der Waals surface area (Å²) in [5, 5.41) is 4.42. The second kappa shape index (κ2) is 6.07. The summed E-state index contributed by atoms with van der Waals surface area (Å²) in [5.74, 6) is 0. The van der Waals surface area contributed by atoms with E-state index in [4.69, 9.17) is 0 Å². The molecule has 0 saturated carbocycles. The Bertz CT molecular complexity index is 573. The lowest BCUT2D eigenvalue weighted by Crippen LogP contribution is -2.43. The molecule has 2 aromatic rings. The molecule has 1 nitrogen and oxygen atoms in total. The van der Waals surface area contributed by atoms with Gasteiger partial charge < -0.3 is 0 Å². The third-order valence-electron chi connectivity index (χ3n) is 4.82. The van der Waals surface area contributed by atoms with Gasteiger partial charge in [0.1, 0.15) is 0 Å². The first-order chi connectivity index (χ1) is 10.4. The first-order valence-corrected chi connectivity index (χ1v) is 9.71. The van der Waals surface area contributed by atoms with E-state index in [0.717, 1.165) is 6.04 Å². The van der Waals surface area contributed by atoms with Gasteiger partial charge in [0.25, 0.3) is 0 Å². The molecule has 2 fully saturated rings. The highest BCUT2D eigenvalue weighted by molar-refractivity contribution is 7.13. The van der Waals surface area contributed by atoms with Crippen LogP contribution in [0.4, 0.5) is 0 Å². The van der Waals surface area contributed by atoms with Gasteiger partial charge in [0.2, 0.25) is 0 Å². The first-order valence-electron chi connectivity index (χ1n) is 7.95. The van der Waals surface area contributed by atoms with E-state index in [1.165, 1.54) is 54.9 Å². The molecule has 0 N–H and O–H groups in total. The highest BCUT2D eigenvalue weighted by atomic mass is 32.1. The topological polar surface area (TPSA) is 3.24 Å². The average molecular weight is 316 g/mol. The predicted octanol–water partition coefficient (Wildman–Crippen LogP) is 5.26. The van der Waals surface area contributed by atoms with E-state index >= 15 is 0 Å². The molecule has 0 aromatic carbocycles. The lowest BCUT2D eigenvalue weighted by Gasteiger charge is -2.40. The minimum atomic E-state index is 0.803. The van der Waals surface area contributed by atoms with Crippen LogP contribution in [0.15, 0.2) is 40.6 Å². The van der Waals surface area contributed by atoms with Gasteiger partial charge in [-0.3, -0.25) is 4.90 Å². The molecule has 4 heterocycles. The molecule has 0 radical (unpaired) electrons. The van der Waals surface area contributed by atoms with Crippen LogP contribution >= 0.6 is 22.7 Å². The van der Waals surface area contributed by atoms with Gasteiger partial charge in [-0.1, -0.05) is 24.1 Å². The van der Waals surface area contributed by atoms with Crippen LogP contribution in [0.1, 0.15) is 41.9 Å². The van der Waals surface area contributed by atoms with Crippen LogP contribution in [-0.4, -0.2) is 24.0 Å². The molecule has 21 heavy (non-hydrogen) atoms. The van der Waals surface area contributed by atoms with Gasteiger partial charge in [0, 0.05) is 27.9 Å². The van der Waals surface area contributed by atoms with Gasteiger partial charge in [0.05, 0.1) is 0 Å². The summed E-state index contributed by atoms with van der Waals surface area (Å²) in [7, 11) is 0. The number of fused-ring (bicyclic) bond motifs is 1. The van der Waals surface area contributed by atoms with E-state index in [0.29, 0.717) is 0 Å². The van der Waals surface area contributed by atoms with Gasteiger partial charge in [-0.2, -0.15) is 0 Å². The van der Waals surface area contributed by atoms with Crippen molar-refractivity contribution in [3.63, 3.8) is 0 Å². The predicted molar refractivity (Wildman–Crippen MR) is 93.1 cm³/mol. The highest BCUT2D eigenvalue weighted by Crippen LogP contribution is 2.39. The normalized spacial score (nSPS) is 23.0. The van der Waals surface area contributed by atoms with Crippen LogP contribution in [0.2, 0.25) is 0 Å². The summed E-state index contributed by atoms with van der Waals surface area (Å²) >= 11 is 3.77. The van der Waals surface area contributed by atoms with Crippen molar-refractivity contribution in [3.8, 4) is 0 Å². The molecule has 2 saturated heterocycles. The Labute approximate surface area is 134 Å². The van der Waals surface area contributed by atoms with Gasteiger partial charge in [-0.05, 0) is 55.1 Å². The summed E-state index contributed by atoms with van der Waals surface area (Å²) in [5.41, 5.74) is 3.24. The van der Waals surface area contributed by atoms with Gasteiger partial charge in [0.15, 0.2) is 0 Å². The highest BCUT2D eigenvalue weighted by Gasteiger charge is 2.29. The lowest BCUT2D eigenvalue weighted by molar-refractivity contribution is 0.130. The minimum absolute atomic E-state index is 0.803. The van der Waals surface area contributed by atoms with Crippen LogP contribution in [0.3, 0.4) is 0 Å². The van der Waals surface area contributed by atoms with Crippen LogP contribution in [0, 0.1) is 0 Å². The summed E-state index contributed by atoms with van der Waals surface area (Å²) in [6.07, 6.45) is 6.75. The fraction of sp³-hybridized carbons (Fsp3) is 0.444. The Morgan fingerprint density at radius 3 is 2.43 bits per heavy atom. The smallest absolute Gasteiger partial charge is 0.0356 e. The monoisotopic (exact) mass is 315 g/mol. The molecule has 0 spiro atoms. The van der Waals surface area contributed by atoms with Crippen LogP contribution in [-0.2, 0) is 0 Å². The summed E-state index contributed by atoms with van der Waals surface area (Å²) in [6.45, 7) is 2.59. The Morgan fingerprint density at radius 2 is 1.76 bits per heavy atom. The molecule has 3 heteroatoms. The van der Waals surface area contributed by atoms with E-state index in [1.54, 1.807) is 11.1 Å². The van der Waals surface area contributed by atoms with Crippen LogP contribution in [0.5, 0.6) is 0 Å². The van der Waals surface area contributed by atoms with Crippen molar-refractivity contribution in [2.45, 2.75) is 38.1 Å². The van der Waals surface area contributed by atoms with E-state index in [1.807, 2.05) is 22.7 Å². The third kappa shape index (κ3) is 2.75. The summed E-state index contributed by atoms with van der Waals surface area (Å²) in [6, 6.07) is 9.76. The second-order valence-electron chi connectivity index (χ2n) is 6.07. The second-order valence-corrected chi connectivity index (χ2v) is 7.97. The zero-order valence-corrected chi connectivity index (χ0v) is 13.9. The number of thiophene rings is 2. The molecule has 1 atom stereocenters. The van der Waals surface area contributed by atoms with Gasteiger partial charge >= 0.3 is 0 Å². The van der Waals surface area contributed by atoms with E-state index in [9.17, 15) is 0 Å².